The molecular weight excluding hydrogens is 320 g/mol. The SMILES string of the molecule is CC(C)N1CC2C(=O)NNC2C(C(=O)Nc2nc3ccccc3[nH]2)C1. The highest BCUT2D eigenvalue weighted by Gasteiger charge is 2.47. The number of aromatic nitrogens is 2. The van der Waals surface area contributed by atoms with Crippen LogP contribution in [0.4, 0.5) is 5.95 Å². The highest BCUT2D eigenvalue weighted by molar-refractivity contribution is 5.94. The molecule has 0 aliphatic carbocycles. The smallest absolute Gasteiger partial charge is 0.240 e. The molecule has 0 spiro atoms. The number of nitrogens with one attached hydrogen (secondary N) is 4. The van der Waals surface area contributed by atoms with Gasteiger partial charge in [0.25, 0.3) is 0 Å². The summed E-state index contributed by atoms with van der Waals surface area (Å²) in [5, 5.41) is 2.88. The van der Waals surface area contributed by atoms with Gasteiger partial charge in [0.2, 0.25) is 17.8 Å². The third-order valence-corrected chi connectivity index (χ3v) is 5.13. The number of para-hydroxylation sites is 2. The molecule has 0 saturated carbocycles. The summed E-state index contributed by atoms with van der Waals surface area (Å²) in [4.78, 5) is 34.6. The number of piperidine rings is 1. The summed E-state index contributed by atoms with van der Waals surface area (Å²) >= 11 is 0. The van der Waals surface area contributed by atoms with Gasteiger partial charge >= 0.3 is 0 Å². The van der Waals surface area contributed by atoms with Crippen molar-refractivity contribution in [2.75, 3.05) is 18.4 Å². The number of benzene rings is 1. The van der Waals surface area contributed by atoms with E-state index in [0.29, 0.717) is 19.0 Å². The second kappa shape index (κ2) is 6.12. The average molecular weight is 342 g/mol. The summed E-state index contributed by atoms with van der Waals surface area (Å²) in [6.45, 7) is 5.42. The second-order valence-electron chi connectivity index (χ2n) is 7.01. The van der Waals surface area contributed by atoms with Crippen molar-refractivity contribution in [3.05, 3.63) is 24.3 Å². The Labute approximate surface area is 145 Å². The number of anilines is 1. The van der Waals surface area contributed by atoms with Crippen LogP contribution in [0, 0.1) is 11.8 Å². The molecule has 3 heterocycles. The van der Waals surface area contributed by atoms with E-state index in [1.165, 1.54) is 0 Å². The van der Waals surface area contributed by atoms with E-state index in [1.807, 2.05) is 24.3 Å². The summed E-state index contributed by atoms with van der Waals surface area (Å²) in [7, 11) is 0. The number of carbonyl (C=O) groups excluding carboxylic acids is 2. The van der Waals surface area contributed by atoms with Gasteiger partial charge in [0, 0.05) is 19.1 Å². The highest BCUT2D eigenvalue weighted by atomic mass is 16.2. The summed E-state index contributed by atoms with van der Waals surface area (Å²) in [6.07, 6.45) is 0. The number of hydrazine groups is 1. The normalized spacial score (nSPS) is 26.7. The van der Waals surface area contributed by atoms with Crippen LogP contribution >= 0.6 is 0 Å². The third-order valence-electron chi connectivity index (χ3n) is 5.13. The van der Waals surface area contributed by atoms with Crippen LogP contribution in [0.1, 0.15) is 13.8 Å². The van der Waals surface area contributed by atoms with Gasteiger partial charge in [-0.25, -0.2) is 10.4 Å². The third kappa shape index (κ3) is 2.87. The molecule has 8 nitrogen and oxygen atoms in total. The number of imidazole rings is 1. The Morgan fingerprint density at radius 1 is 1.32 bits per heavy atom. The molecule has 2 aromatic rings. The van der Waals surface area contributed by atoms with Gasteiger partial charge < -0.3 is 4.98 Å². The molecule has 3 atom stereocenters. The number of H-pyrrole nitrogens is 1. The molecule has 1 aromatic heterocycles. The first-order chi connectivity index (χ1) is 12.0. The molecule has 0 radical (unpaired) electrons. The standard InChI is InChI=1S/C17H22N6O2/c1-9(2)23-7-10(14-11(8-23)16(25)22-21-14)15(24)20-17-18-12-5-3-4-6-13(12)19-17/h3-6,9-11,14,21H,7-8H2,1-2H3,(H,22,25)(H2,18,19,20,24). The Morgan fingerprint density at radius 2 is 2.12 bits per heavy atom. The van der Waals surface area contributed by atoms with Crippen molar-refractivity contribution in [3.8, 4) is 0 Å². The second-order valence-corrected chi connectivity index (χ2v) is 7.01. The Morgan fingerprint density at radius 3 is 2.88 bits per heavy atom. The Balaban J connectivity index is 1.55. The molecule has 0 bridgehead atoms. The van der Waals surface area contributed by atoms with E-state index >= 15 is 0 Å². The molecule has 2 amide bonds. The molecule has 25 heavy (non-hydrogen) atoms. The van der Waals surface area contributed by atoms with E-state index < -0.39 is 0 Å². The zero-order valence-corrected chi connectivity index (χ0v) is 14.2. The maximum absolute atomic E-state index is 12.9. The van der Waals surface area contributed by atoms with Gasteiger partial charge in [-0.05, 0) is 26.0 Å². The zero-order valence-electron chi connectivity index (χ0n) is 14.2. The number of aromatic amines is 1. The van der Waals surface area contributed by atoms with Crippen molar-refractivity contribution in [1.29, 1.82) is 0 Å². The fraction of sp³-hybridized carbons (Fsp3) is 0.471. The van der Waals surface area contributed by atoms with E-state index in [0.717, 1.165) is 11.0 Å². The Bertz CT molecular complexity index is 783. The van der Waals surface area contributed by atoms with Gasteiger partial charge in [-0.1, -0.05) is 12.1 Å². The molecule has 132 valence electrons. The van der Waals surface area contributed by atoms with Gasteiger partial charge in [0.1, 0.15) is 0 Å². The van der Waals surface area contributed by atoms with Crippen LogP contribution in [0.3, 0.4) is 0 Å². The van der Waals surface area contributed by atoms with Crippen LogP contribution in [0.25, 0.3) is 11.0 Å². The molecule has 4 N–H and O–H groups in total. The van der Waals surface area contributed by atoms with E-state index in [2.05, 4.69) is 44.9 Å². The fourth-order valence-corrected chi connectivity index (χ4v) is 3.67. The van der Waals surface area contributed by atoms with Gasteiger partial charge in [-0.15, -0.1) is 0 Å². The molecule has 2 fully saturated rings. The van der Waals surface area contributed by atoms with Crippen LogP contribution in [0.5, 0.6) is 0 Å². The van der Waals surface area contributed by atoms with Gasteiger partial charge in [-0.3, -0.25) is 25.2 Å². The topological polar surface area (TPSA) is 102 Å². The van der Waals surface area contributed by atoms with Crippen molar-refractivity contribution in [3.63, 3.8) is 0 Å². The minimum Gasteiger partial charge on any atom is -0.324 e. The van der Waals surface area contributed by atoms with E-state index in [4.69, 9.17) is 0 Å². The number of likely N-dealkylation sites (tertiary alicyclic amines) is 1. The van der Waals surface area contributed by atoms with Crippen molar-refractivity contribution in [2.24, 2.45) is 11.8 Å². The van der Waals surface area contributed by atoms with Crippen LogP contribution in [-0.4, -0.2) is 51.9 Å². The summed E-state index contributed by atoms with van der Waals surface area (Å²) in [5.41, 5.74) is 7.34. The monoisotopic (exact) mass is 342 g/mol. The van der Waals surface area contributed by atoms with E-state index in [9.17, 15) is 9.59 Å². The Hall–Kier alpha value is -2.45. The first-order valence-electron chi connectivity index (χ1n) is 8.58. The van der Waals surface area contributed by atoms with Crippen molar-refractivity contribution >= 4 is 28.8 Å². The highest BCUT2D eigenvalue weighted by Crippen LogP contribution is 2.28. The summed E-state index contributed by atoms with van der Waals surface area (Å²) in [6, 6.07) is 7.69. The fourth-order valence-electron chi connectivity index (χ4n) is 3.67. The lowest BCUT2D eigenvalue weighted by Crippen LogP contribution is -2.57. The molecular formula is C17H22N6O2. The minimum atomic E-state index is -0.340. The van der Waals surface area contributed by atoms with Gasteiger partial charge in [0.15, 0.2) is 0 Å². The largest absolute Gasteiger partial charge is 0.324 e. The van der Waals surface area contributed by atoms with E-state index in [1.54, 1.807) is 0 Å². The molecule has 1 aromatic carbocycles. The number of nitrogens with zero attached hydrogens (tertiary/aromatic N) is 2. The first kappa shape index (κ1) is 16.0. The van der Waals surface area contributed by atoms with Crippen molar-refractivity contribution < 1.29 is 9.59 Å². The van der Waals surface area contributed by atoms with Gasteiger partial charge in [-0.2, -0.15) is 0 Å². The molecule has 8 heteroatoms. The molecule has 3 unspecified atom stereocenters. The van der Waals surface area contributed by atoms with Crippen molar-refractivity contribution in [1.82, 2.24) is 25.7 Å². The molecule has 2 saturated heterocycles. The van der Waals surface area contributed by atoms with Crippen molar-refractivity contribution in [2.45, 2.75) is 25.9 Å². The lowest BCUT2D eigenvalue weighted by molar-refractivity contribution is -0.127. The van der Waals surface area contributed by atoms with Gasteiger partial charge in [0.05, 0.1) is 28.9 Å². The molecule has 2 aliphatic rings. The van der Waals surface area contributed by atoms with Crippen LogP contribution in [0.15, 0.2) is 24.3 Å². The Kier molecular flexibility index (Phi) is 3.93. The molecule has 2 aliphatic heterocycles. The predicted octanol–water partition coefficient (Wildman–Crippen LogP) is 0.461. The average Bonchev–Trinajstić information content (AvgIpc) is 3.17. The lowest BCUT2D eigenvalue weighted by atomic mass is 9.83. The zero-order chi connectivity index (χ0) is 17.6. The predicted molar refractivity (Wildman–Crippen MR) is 93.5 cm³/mol. The number of rotatable bonds is 3. The quantitative estimate of drug-likeness (QED) is 0.649. The maximum atomic E-state index is 12.9. The number of hydrogen-bond acceptors (Lipinski definition) is 5. The van der Waals surface area contributed by atoms with E-state index in [-0.39, 0.29) is 35.7 Å². The number of hydrogen-bond donors (Lipinski definition) is 4. The minimum absolute atomic E-state index is 0.0445. The number of amides is 2. The van der Waals surface area contributed by atoms with Crippen LogP contribution < -0.4 is 16.2 Å². The summed E-state index contributed by atoms with van der Waals surface area (Å²) < 4.78 is 0. The summed E-state index contributed by atoms with van der Waals surface area (Å²) in [5.74, 6) is -0.308. The van der Waals surface area contributed by atoms with Crippen LogP contribution in [-0.2, 0) is 9.59 Å². The maximum Gasteiger partial charge on any atom is 0.240 e. The number of carbonyl (C=O) groups is 2. The number of fused-ring (bicyclic) bond motifs is 2. The van der Waals surface area contributed by atoms with Crippen LogP contribution in [0.2, 0.25) is 0 Å². The molecule has 4 rings (SSSR count). The first-order valence-corrected chi connectivity index (χ1v) is 8.58. The lowest BCUT2D eigenvalue weighted by Gasteiger charge is -2.40.